The average Bonchev–Trinajstić information content (AvgIpc) is 3.40. The van der Waals surface area contributed by atoms with Crippen molar-refractivity contribution in [2.24, 2.45) is 0 Å². The van der Waals surface area contributed by atoms with Crippen LogP contribution in [0.3, 0.4) is 0 Å². The predicted octanol–water partition coefficient (Wildman–Crippen LogP) is 4.27. The zero-order valence-corrected chi connectivity index (χ0v) is 20.3. The van der Waals surface area contributed by atoms with Gasteiger partial charge in [-0.3, -0.25) is 14.8 Å². The van der Waals surface area contributed by atoms with Crippen LogP contribution in [-0.2, 0) is 4.74 Å². The molecule has 5 aromatic rings. The molecular weight excluding hydrogens is 466 g/mol. The first-order valence-corrected chi connectivity index (χ1v) is 12.1. The second-order valence-corrected chi connectivity index (χ2v) is 8.82. The third-order valence-electron chi connectivity index (χ3n) is 6.30. The summed E-state index contributed by atoms with van der Waals surface area (Å²) >= 11 is 0. The molecule has 1 amide bonds. The second kappa shape index (κ2) is 9.79. The minimum absolute atomic E-state index is 0.287. The molecule has 0 saturated carbocycles. The van der Waals surface area contributed by atoms with Crippen LogP contribution in [0.1, 0.15) is 16.2 Å². The van der Waals surface area contributed by atoms with E-state index in [1.165, 1.54) is 0 Å². The van der Waals surface area contributed by atoms with E-state index in [9.17, 15) is 4.79 Å². The Balaban J connectivity index is 1.32. The number of nitrogens with zero attached hydrogens (tertiary/aromatic N) is 6. The molecular formula is C28H25N7O2. The summed E-state index contributed by atoms with van der Waals surface area (Å²) in [6.45, 7) is 5.09. The molecule has 1 fully saturated rings. The van der Waals surface area contributed by atoms with Gasteiger partial charge in [-0.2, -0.15) is 5.10 Å². The molecule has 1 N–H and O–H groups in total. The Labute approximate surface area is 213 Å². The number of carbonyl (C=O) groups is 1. The number of ether oxygens (including phenoxy) is 1. The van der Waals surface area contributed by atoms with Crippen LogP contribution in [0.2, 0.25) is 0 Å². The maximum Gasteiger partial charge on any atom is 0.276 e. The fourth-order valence-electron chi connectivity index (χ4n) is 4.41. The summed E-state index contributed by atoms with van der Waals surface area (Å²) in [5.74, 6) is 0.329. The number of benzene rings is 2. The van der Waals surface area contributed by atoms with E-state index in [1.807, 2.05) is 67.6 Å². The number of amides is 1. The number of hydrogen-bond acceptors (Lipinski definition) is 7. The Morgan fingerprint density at radius 2 is 1.70 bits per heavy atom. The molecule has 9 heteroatoms. The maximum atomic E-state index is 13.3. The summed E-state index contributed by atoms with van der Waals surface area (Å²) in [5, 5.41) is 7.62. The Morgan fingerprint density at radius 3 is 2.49 bits per heavy atom. The first-order valence-electron chi connectivity index (χ1n) is 12.1. The van der Waals surface area contributed by atoms with Crippen LogP contribution in [0, 0.1) is 6.92 Å². The summed E-state index contributed by atoms with van der Waals surface area (Å²) in [6.07, 6.45) is 3.33. The molecule has 1 aliphatic heterocycles. The number of aromatic nitrogens is 5. The summed E-state index contributed by atoms with van der Waals surface area (Å²) in [7, 11) is 0. The Kier molecular flexibility index (Phi) is 6.03. The minimum atomic E-state index is -0.299. The molecule has 0 bridgehead atoms. The average molecular weight is 492 g/mol. The Hall–Kier alpha value is -4.63. The zero-order valence-electron chi connectivity index (χ0n) is 20.3. The van der Waals surface area contributed by atoms with Crippen molar-refractivity contribution >= 4 is 28.3 Å². The lowest BCUT2D eigenvalue weighted by Gasteiger charge is -2.28. The SMILES string of the molecule is Cc1cccc(-n2nc(C(=O)Nc3ccc(N4CCOCC4)cc3)cc2-c2ccc3nccnc3c2)n1. The highest BCUT2D eigenvalue weighted by Crippen LogP contribution is 2.27. The van der Waals surface area contributed by atoms with Crippen molar-refractivity contribution in [2.75, 3.05) is 36.5 Å². The number of anilines is 2. The van der Waals surface area contributed by atoms with E-state index in [2.05, 4.69) is 30.3 Å². The minimum Gasteiger partial charge on any atom is -0.378 e. The van der Waals surface area contributed by atoms with Gasteiger partial charge in [-0.05, 0) is 61.5 Å². The molecule has 1 saturated heterocycles. The highest BCUT2D eigenvalue weighted by molar-refractivity contribution is 6.03. The van der Waals surface area contributed by atoms with Crippen LogP contribution in [0.25, 0.3) is 28.1 Å². The van der Waals surface area contributed by atoms with E-state index in [1.54, 1.807) is 23.1 Å². The summed E-state index contributed by atoms with van der Waals surface area (Å²) in [5.41, 5.74) is 6.10. The van der Waals surface area contributed by atoms with Gasteiger partial charge in [0.2, 0.25) is 0 Å². The van der Waals surface area contributed by atoms with Gasteiger partial charge in [0.15, 0.2) is 11.5 Å². The van der Waals surface area contributed by atoms with Crippen molar-refractivity contribution in [3.63, 3.8) is 0 Å². The van der Waals surface area contributed by atoms with Gasteiger partial charge in [0, 0.05) is 48.1 Å². The van der Waals surface area contributed by atoms with Gasteiger partial charge in [-0.15, -0.1) is 0 Å². The molecule has 0 unspecified atom stereocenters. The summed E-state index contributed by atoms with van der Waals surface area (Å²) in [4.78, 5) is 28.9. The van der Waals surface area contributed by atoms with Crippen LogP contribution < -0.4 is 10.2 Å². The standard InChI is InChI=1S/C28H25N7O2/c1-19-3-2-4-27(31-19)35-26(20-5-10-23-24(17-20)30-12-11-29-23)18-25(33-35)28(36)32-21-6-8-22(9-7-21)34-13-15-37-16-14-34/h2-12,17-18H,13-16H2,1H3,(H,32,36). The number of morpholine rings is 1. The maximum absolute atomic E-state index is 13.3. The van der Waals surface area contributed by atoms with Gasteiger partial charge in [0.1, 0.15) is 0 Å². The second-order valence-electron chi connectivity index (χ2n) is 8.82. The van der Waals surface area contributed by atoms with Gasteiger partial charge in [0.05, 0.1) is 29.9 Å². The molecule has 4 heterocycles. The number of rotatable bonds is 5. The molecule has 0 atom stereocenters. The van der Waals surface area contributed by atoms with Gasteiger partial charge in [-0.1, -0.05) is 12.1 Å². The van der Waals surface area contributed by atoms with Crippen molar-refractivity contribution in [2.45, 2.75) is 6.92 Å². The first-order chi connectivity index (χ1) is 18.1. The van der Waals surface area contributed by atoms with E-state index in [0.717, 1.165) is 60.0 Å². The Morgan fingerprint density at radius 1 is 0.919 bits per heavy atom. The quantitative estimate of drug-likeness (QED) is 0.392. The molecule has 0 radical (unpaired) electrons. The number of aryl methyl sites for hydroxylation is 1. The number of fused-ring (bicyclic) bond motifs is 1. The summed E-state index contributed by atoms with van der Waals surface area (Å²) < 4.78 is 7.13. The Bertz CT molecular complexity index is 1570. The van der Waals surface area contributed by atoms with Crippen molar-refractivity contribution < 1.29 is 9.53 Å². The molecule has 3 aromatic heterocycles. The lowest BCUT2D eigenvalue weighted by Crippen LogP contribution is -2.36. The topological polar surface area (TPSA) is 98.1 Å². The lowest BCUT2D eigenvalue weighted by molar-refractivity contribution is 0.102. The van der Waals surface area contributed by atoms with Crippen LogP contribution in [-0.4, -0.2) is 56.9 Å². The largest absolute Gasteiger partial charge is 0.378 e. The molecule has 1 aliphatic rings. The molecule has 0 aliphatic carbocycles. The molecule has 0 spiro atoms. The van der Waals surface area contributed by atoms with E-state index in [-0.39, 0.29) is 11.6 Å². The number of hydrogen-bond donors (Lipinski definition) is 1. The van der Waals surface area contributed by atoms with Crippen LogP contribution in [0.4, 0.5) is 11.4 Å². The van der Waals surface area contributed by atoms with Gasteiger partial charge >= 0.3 is 0 Å². The van der Waals surface area contributed by atoms with Crippen LogP contribution in [0.15, 0.2) is 79.1 Å². The normalized spacial score (nSPS) is 13.6. The highest BCUT2D eigenvalue weighted by Gasteiger charge is 2.19. The van der Waals surface area contributed by atoms with E-state index < -0.39 is 0 Å². The van der Waals surface area contributed by atoms with Gasteiger partial charge in [-0.25, -0.2) is 9.67 Å². The molecule has 184 valence electrons. The number of pyridine rings is 1. The van der Waals surface area contributed by atoms with Gasteiger partial charge < -0.3 is 15.0 Å². The molecule has 2 aromatic carbocycles. The first kappa shape index (κ1) is 22.8. The fraction of sp³-hybridized carbons (Fsp3) is 0.179. The summed E-state index contributed by atoms with van der Waals surface area (Å²) in [6, 6.07) is 21.1. The molecule has 37 heavy (non-hydrogen) atoms. The monoisotopic (exact) mass is 491 g/mol. The van der Waals surface area contributed by atoms with Crippen molar-refractivity contribution in [1.82, 2.24) is 24.7 Å². The van der Waals surface area contributed by atoms with Crippen molar-refractivity contribution in [3.8, 4) is 17.1 Å². The third-order valence-corrected chi connectivity index (χ3v) is 6.30. The number of carbonyl (C=O) groups excluding carboxylic acids is 1. The molecule has 6 rings (SSSR count). The van der Waals surface area contributed by atoms with E-state index in [4.69, 9.17) is 4.74 Å². The highest BCUT2D eigenvalue weighted by atomic mass is 16.5. The predicted molar refractivity (Wildman–Crippen MR) is 142 cm³/mol. The molecule has 9 nitrogen and oxygen atoms in total. The number of nitrogens with one attached hydrogen (secondary N) is 1. The van der Waals surface area contributed by atoms with Gasteiger partial charge in [0.25, 0.3) is 5.91 Å². The fourth-order valence-corrected chi connectivity index (χ4v) is 4.41. The van der Waals surface area contributed by atoms with E-state index >= 15 is 0 Å². The zero-order chi connectivity index (χ0) is 25.2. The smallest absolute Gasteiger partial charge is 0.276 e. The van der Waals surface area contributed by atoms with E-state index in [0.29, 0.717) is 11.5 Å². The van der Waals surface area contributed by atoms with Crippen molar-refractivity contribution in [1.29, 1.82) is 0 Å². The van der Waals surface area contributed by atoms with Crippen LogP contribution in [0.5, 0.6) is 0 Å². The van der Waals surface area contributed by atoms with Crippen molar-refractivity contribution in [3.05, 3.63) is 90.5 Å². The lowest BCUT2D eigenvalue weighted by atomic mass is 10.1. The third kappa shape index (κ3) is 4.76. The van der Waals surface area contributed by atoms with Crippen LogP contribution >= 0.6 is 0 Å².